The third-order valence-corrected chi connectivity index (χ3v) is 7.99. The first-order valence-corrected chi connectivity index (χ1v) is 14.0. The average molecular weight is 545 g/mol. The number of anilines is 3. The summed E-state index contributed by atoms with van der Waals surface area (Å²) >= 11 is 0. The number of ether oxygens (including phenoxy) is 3. The summed E-state index contributed by atoms with van der Waals surface area (Å²) in [5, 5.41) is 3.24. The van der Waals surface area contributed by atoms with Crippen LogP contribution in [0.15, 0.2) is 48.7 Å². The van der Waals surface area contributed by atoms with Crippen molar-refractivity contribution in [2.75, 3.05) is 57.6 Å². The van der Waals surface area contributed by atoms with Gasteiger partial charge in [-0.3, -0.25) is 9.69 Å². The molecule has 0 spiro atoms. The molecule has 210 valence electrons. The summed E-state index contributed by atoms with van der Waals surface area (Å²) in [6, 6.07) is 13.5. The maximum atomic E-state index is 13.4. The van der Waals surface area contributed by atoms with E-state index in [1.54, 1.807) is 13.3 Å². The fourth-order valence-corrected chi connectivity index (χ4v) is 5.79. The molecule has 3 fully saturated rings. The van der Waals surface area contributed by atoms with Crippen LogP contribution in [0.1, 0.15) is 36.0 Å². The number of hydrogen-bond acceptors (Lipinski definition) is 9. The Hall–Kier alpha value is -3.89. The normalized spacial score (nSPS) is 19.7. The molecule has 2 aromatic carbocycles. The number of nitrogens with two attached hydrogens (primary N) is 1. The number of benzene rings is 2. The minimum absolute atomic E-state index is 0.00929. The molecule has 0 bridgehead atoms. The van der Waals surface area contributed by atoms with Crippen molar-refractivity contribution in [3.05, 3.63) is 54.2 Å². The van der Waals surface area contributed by atoms with Crippen LogP contribution in [-0.4, -0.2) is 84.3 Å². The first-order valence-electron chi connectivity index (χ1n) is 14.0. The zero-order valence-corrected chi connectivity index (χ0v) is 22.8. The molecular formula is C30H36N6O4. The molecule has 40 heavy (non-hydrogen) atoms. The van der Waals surface area contributed by atoms with E-state index in [-0.39, 0.29) is 12.0 Å². The van der Waals surface area contributed by atoms with Crippen molar-refractivity contribution in [3.63, 3.8) is 0 Å². The van der Waals surface area contributed by atoms with E-state index in [9.17, 15) is 4.79 Å². The van der Waals surface area contributed by atoms with Crippen molar-refractivity contribution in [3.8, 4) is 22.8 Å². The lowest BCUT2D eigenvalue weighted by atomic mass is 10.1. The number of nitrogens with one attached hydrogen (secondary N) is 1. The van der Waals surface area contributed by atoms with Crippen LogP contribution < -0.4 is 20.5 Å². The Morgan fingerprint density at radius 1 is 1.05 bits per heavy atom. The molecule has 3 aliphatic heterocycles. The van der Waals surface area contributed by atoms with Gasteiger partial charge in [0.2, 0.25) is 5.95 Å². The zero-order valence-electron chi connectivity index (χ0n) is 22.8. The number of amides is 1. The predicted molar refractivity (Wildman–Crippen MR) is 153 cm³/mol. The number of fused-ring (bicyclic) bond motifs is 1. The lowest BCUT2D eigenvalue weighted by Gasteiger charge is -2.37. The van der Waals surface area contributed by atoms with E-state index in [2.05, 4.69) is 20.2 Å². The molecule has 0 aliphatic carbocycles. The Labute approximate surface area is 234 Å². The molecule has 1 unspecified atom stereocenters. The number of aromatic nitrogens is 2. The average Bonchev–Trinajstić information content (AvgIpc) is 3.47. The van der Waals surface area contributed by atoms with Gasteiger partial charge in [-0.05, 0) is 55.8 Å². The summed E-state index contributed by atoms with van der Waals surface area (Å²) in [5.74, 6) is 1.63. The maximum Gasteiger partial charge on any atom is 0.257 e. The molecule has 1 amide bonds. The van der Waals surface area contributed by atoms with E-state index < -0.39 is 0 Å². The molecule has 10 heteroatoms. The topological polar surface area (TPSA) is 115 Å². The number of nitrogens with zero attached hydrogens (tertiary/aromatic N) is 4. The van der Waals surface area contributed by atoms with Crippen LogP contribution in [0.2, 0.25) is 0 Å². The minimum Gasteiger partial charge on any atom is -0.496 e. The molecule has 3 N–H and O–H groups in total. The molecule has 3 aliphatic rings. The van der Waals surface area contributed by atoms with Gasteiger partial charge >= 0.3 is 0 Å². The number of nitrogen functional groups attached to an aromatic ring is 1. The number of methoxy groups -OCH3 is 1. The number of rotatable bonds is 7. The number of hydrogen-bond donors (Lipinski definition) is 2. The minimum atomic E-state index is 0.00929. The molecule has 10 nitrogen and oxygen atoms in total. The second-order valence-electron chi connectivity index (χ2n) is 10.6. The standard InChI is InChI=1S/C30H36N6O4/c1-38-28-18-21(5-6-24(28)29(37)36-14-13-35-12-2-3-22(35)19-36)33-30-32-11-8-26(34-30)20-4-7-27(25(31)17-20)40-23-9-15-39-16-10-23/h4-8,11,17-18,22-23H,2-3,9-10,12-16,19,31H2,1H3,(H,32,33,34). The van der Waals surface area contributed by atoms with Crippen molar-refractivity contribution >= 4 is 23.2 Å². The first kappa shape index (κ1) is 26.3. The van der Waals surface area contributed by atoms with E-state index in [0.717, 1.165) is 62.4 Å². The highest BCUT2D eigenvalue weighted by molar-refractivity contribution is 5.97. The van der Waals surface area contributed by atoms with Crippen LogP contribution >= 0.6 is 0 Å². The van der Waals surface area contributed by atoms with Gasteiger partial charge in [0.1, 0.15) is 17.6 Å². The van der Waals surface area contributed by atoms with Crippen LogP contribution in [0.5, 0.6) is 11.5 Å². The lowest BCUT2D eigenvalue weighted by molar-refractivity contribution is 0.0258. The summed E-state index contributed by atoms with van der Waals surface area (Å²) in [7, 11) is 1.59. The maximum absolute atomic E-state index is 13.4. The zero-order chi connectivity index (χ0) is 27.5. The van der Waals surface area contributed by atoms with Crippen LogP contribution in [-0.2, 0) is 4.74 Å². The highest BCUT2D eigenvalue weighted by Crippen LogP contribution is 2.31. The van der Waals surface area contributed by atoms with Gasteiger partial charge in [0, 0.05) is 62.0 Å². The monoisotopic (exact) mass is 544 g/mol. The summed E-state index contributed by atoms with van der Waals surface area (Å²) < 4.78 is 17.1. The molecule has 0 radical (unpaired) electrons. The Kier molecular flexibility index (Phi) is 7.70. The fraction of sp³-hybridized carbons (Fsp3) is 0.433. The Morgan fingerprint density at radius 2 is 1.93 bits per heavy atom. The van der Waals surface area contributed by atoms with Crippen molar-refractivity contribution < 1.29 is 19.0 Å². The third-order valence-electron chi connectivity index (χ3n) is 7.99. The Balaban J connectivity index is 1.14. The van der Waals surface area contributed by atoms with Gasteiger partial charge in [-0.25, -0.2) is 9.97 Å². The molecule has 4 heterocycles. The third kappa shape index (κ3) is 5.68. The largest absolute Gasteiger partial charge is 0.496 e. The second kappa shape index (κ2) is 11.7. The van der Waals surface area contributed by atoms with Gasteiger partial charge in [-0.1, -0.05) is 0 Å². The van der Waals surface area contributed by atoms with E-state index in [1.807, 2.05) is 47.4 Å². The predicted octanol–water partition coefficient (Wildman–Crippen LogP) is 3.96. The van der Waals surface area contributed by atoms with E-state index in [0.29, 0.717) is 48.0 Å². The molecule has 6 rings (SSSR count). The van der Waals surface area contributed by atoms with Crippen LogP contribution in [0.25, 0.3) is 11.3 Å². The van der Waals surface area contributed by atoms with Gasteiger partial charge < -0.3 is 30.2 Å². The van der Waals surface area contributed by atoms with Gasteiger partial charge in [-0.15, -0.1) is 0 Å². The van der Waals surface area contributed by atoms with Crippen molar-refractivity contribution in [2.45, 2.75) is 37.8 Å². The Bertz CT molecular complexity index is 1360. The van der Waals surface area contributed by atoms with E-state index in [1.165, 1.54) is 6.42 Å². The number of piperazine rings is 1. The lowest BCUT2D eigenvalue weighted by Crippen LogP contribution is -2.52. The van der Waals surface area contributed by atoms with Crippen LogP contribution in [0.3, 0.4) is 0 Å². The van der Waals surface area contributed by atoms with Gasteiger partial charge in [0.25, 0.3) is 5.91 Å². The SMILES string of the molecule is COc1cc(Nc2nccc(-c3ccc(OC4CCOCC4)c(N)c3)n2)ccc1C(=O)N1CCN2CCCC2C1. The van der Waals surface area contributed by atoms with Gasteiger partial charge in [-0.2, -0.15) is 0 Å². The van der Waals surface area contributed by atoms with Crippen molar-refractivity contribution in [1.82, 2.24) is 19.8 Å². The quantitative estimate of drug-likeness (QED) is 0.427. The van der Waals surface area contributed by atoms with Gasteiger partial charge in [0.05, 0.1) is 37.3 Å². The van der Waals surface area contributed by atoms with E-state index in [4.69, 9.17) is 19.9 Å². The molecule has 0 saturated carbocycles. The molecule has 1 aromatic heterocycles. The summed E-state index contributed by atoms with van der Waals surface area (Å²) in [5.41, 5.74) is 9.77. The highest BCUT2D eigenvalue weighted by Gasteiger charge is 2.33. The summed E-state index contributed by atoms with van der Waals surface area (Å²) in [6.07, 6.45) is 5.91. The van der Waals surface area contributed by atoms with Crippen molar-refractivity contribution in [1.29, 1.82) is 0 Å². The molecule has 3 aromatic rings. The molecule has 1 atom stereocenters. The molecule has 3 saturated heterocycles. The van der Waals surface area contributed by atoms with Crippen molar-refractivity contribution in [2.24, 2.45) is 0 Å². The number of carbonyl (C=O) groups excluding carboxylic acids is 1. The van der Waals surface area contributed by atoms with Gasteiger partial charge in [0.15, 0.2) is 0 Å². The number of carbonyl (C=O) groups is 1. The fourth-order valence-electron chi connectivity index (χ4n) is 5.79. The summed E-state index contributed by atoms with van der Waals surface area (Å²) in [6.45, 7) is 5.01. The Morgan fingerprint density at radius 3 is 2.75 bits per heavy atom. The summed E-state index contributed by atoms with van der Waals surface area (Å²) in [4.78, 5) is 26.9. The molecular weight excluding hydrogens is 508 g/mol. The van der Waals surface area contributed by atoms with Crippen LogP contribution in [0.4, 0.5) is 17.3 Å². The van der Waals surface area contributed by atoms with Crippen LogP contribution in [0, 0.1) is 0 Å². The smallest absolute Gasteiger partial charge is 0.257 e. The highest BCUT2D eigenvalue weighted by atomic mass is 16.5. The second-order valence-corrected chi connectivity index (χ2v) is 10.6. The van der Waals surface area contributed by atoms with E-state index >= 15 is 0 Å². The first-order chi connectivity index (χ1) is 19.6.